The molecule has 1 fully saturated rings. The van der Waals surface area contributed by atoms with Crippen molar-refractivity contribution in [1.82, 2.24) is 4.90 Å². The number of halogens is 1. The van der Waals surface area contributed by atoms with Crippen molar-refractivity contribution in [3.05, 3.63) is 38.9 Å². The first-order valence-electron chi connectivity index (χ1n) is 6.92. The van der Waals surface area contributed by atoms with Crippen LogP contribution >= 0.6 is 11.6 Å². The number of benzene rings is 1. The number of nitrogens with two attached hydrogens (primary N) is 1. The zero-order valence-corrected chi connectivity index (χ0v) is 12.4. The summed E-state index contributed by atoms with van der Waals surface area (Å²) >= 11 is 6.12. The summed E-state index contributed by atoms with van der Waals surface area (Å²) in [4.78, 5) is 23.6. The van der Waals surface area contributed by atoms with E-state index in [1.807, 2.05) is 0 Å². The van der Waals surface area contributed by atoms with Crippen LogP contribution in [0.1, 0.15) is 31.2 Å². The van der Waals surface area contributed by atoms with Crippen LogP contribution in [0.15, 0.2) is 18.2 Å². The van der Waals surface area contributed by atoms with Gasteiger partial charge < -0.3 is 5.73 Å². The molecule has 2 rings (SSSR count). The minimum Gasteiger partial charge on any atom is -0.370 e. The molecule has 1 saturated heterocycles. The molecule has 2 N–H and O–H groups in total. The van der Waals surface area contributed by atoms with Gasteiger partial charge in [-0.15, -0.1) is 0 Å². The molecule has 1 heterocycles. The molecule has 1 aliphatic heterocycles. The summed E-state index contributed by atoms with van der Waals surface area (Å²) in [6, 6.07) is 4.62. The van der Waals surface area contributed by atoms with Crippen molar-refractivity contribution in [3.8, 4) is 0 Å². The van der Waals surface area contributed by atoms with E-state index < -0.39 is 4.92 Å². The van der Waals surface area contributed by atoms with Crippen LogP contribution in [0, 0.1) is 10.1 Å². The van der Waals surface area contributed by atoms with Gasteiger partial charge in [0.1, 0.15) is 0 Å². The smallest absolute Gasteiger partial charge is 0.270 e. The second kappa shape index (κ2) is 6.87. The summed E-state index contributed by atoms with van der Waals surface area (Å²) in [7, 11) is 0. The van der Waals surface area contributed by atoms with Gasteiger partial charge in [-0.25, -0.2) is 0 Å². The van der Waals surface area contributed by atoms with Gasteiger partial charge in [-0.2, -0.15) is 0 Å². The number of likely N-dealkylation sites (tertiary alicyclic amines) is 1. The SMILES string of the molecule is NC(=O)C[C@H]1CCCCN1Cc1ccc([N+](=O)[O-])cc1Cl. The van der Waals surface area contributed by atoms with Crippen molar-refractivity contribution in [2.75, 3.05) is 6.54 Å². The fraction of sp³-hybridized carbons (Fsp3) is 0.500. The van der Waals surface area contributed by atoms with E-state index in [0.717, 1.165) is 31.4 Å². The normalized spacial score (nSPS) is 19.4. The number of hydrogen-bond donors (Lipinski definition) is 1. The zero-order chi connectivity index (χ0) is 15.4. The average molecular weight is 312 g/mol. The maximum Gasteiger partial charge on any atom is 0.270 e. The Bertz CT molecular complexity index is 550. The molecule has 1 aliphatic rings. The Kier molecular flexibility index (Phi) is 5.14. The molecule has 0 aliphatic carbocycles. The summed E-state index contributed by atoms with van der Waals surface area (Å²) < 4.78 is 0. The summed E-state index contributed by atoms with van der Waals surface area (Å²) in [6.07, 6.45) is 3.43. The summed E-state index contributed by atoms with van der Waals surface area (Å²) in [6.45, 7) is 1.46. The Morgan fingerprint density at radius 1 is 1.48 bits per heavy atom. The molecule has 0 unspecified atom stereocenters. The second-order valence-electron chi connectivity index (χ2n) is 5.32. The molecule has 1 atom stereocenters. The van der Waals surface area contributed by atoms with E-state index in [1.165, 1.54) is 12.1 Å². The molecule has 1 aromatic rings. The molecule has 0 saturated carbocycles. The van der Waals surface area contributed by atoms with Crippen LogP contribution in [-0.4, -0.2) is 28.3 Å². The highest BCUT2D eigenvalue weighted by atomic mass is 35.5. The molecule has 114 valence electrons. The quantitative estimate of drug-likeness (QED) is 0.668. The first kappa shape index (κ1) is 15.7. The van der Waals surface area contributed by atoms with E-state index in [0.29, 0.717) is 18.0 Å². The molecule has 0 bridgehead atoms. The first-order valence-corrected chi connectivity index (χ1v) is 7.30. The van der Waals surface area contributed by atoms with Crippen molar-refractivity contribution in [1.29, 1.82) is 0 Å². The van der Waals surface area contributed by atoms with E-state index in [9.17, 15) is 14.9 Å². The van der Waals surface area contributed by atoms with Crippen LogP contribution in [0.3, 0.4) is 0 Å². The third-order valence-corrected chi connectivity index (χ3v) is 4.16. The van der Waals surface area contributed by atoms with Crippen molar-refractivity contribution in [2.45, 2.75) is 38.3 Å². The van der Waals surface area contributed by atoms with Gasteiger partial charge in [0.2, 0.25) is 5.91 Å². The summed E-state index contributed by atoms with van der Waals surface area (Å²) in [5.41, 5.74) is 6.11. The van der Waals surface area contributed by atoms with Crippen LogP contribution in [0.25, 0.3) is 0 Å². The zero-order valence-electron chi connectivity index (χ0n) is 11.6. The van der Waals surface area contributed by atoms with Gasteiger partial charge in [-0.3, -0.25) is 19.8 Å². The van der Waals surface area contributed by atoms with Crippen LogP contribution in [-0.2, 0) is 11.3 Å². The number of nitro benzene ring substituents is 1. The molecule has 0 spiro atoms. The Hall–Kier alpha value is -1.66. The van der Waals surface area contributed by atoms with E-state index in [-0.39, 0.29) is 17.6 Å². The number of nitro groups is 1. The van der Waals surface area contributed by atoms with E-state index in [4.69, 9.17) is 17.3 Å². The number of piperidine rings is 1. The molecule has 21 heavy (non-hydrogen) atoms. The van der Waals surface area contributed by atoms with Crippen molar-refractivity contribution >= 4 is 23.2 Å². The second-order valence-corrected chi connectivity index (χ2v) is 5.73. The van der Waals surface area contributed by atoms with Crippen molar-refractivity contribution in [2.24, 2.45) is 5.73 Å². The highest BCUT2D eigenvalue weighted by Crippen LogP contribution is 2.27. The highest BCUT2D eigenvalue weighted by Gasteiger charge is 2.24. The van der Waals surface area contributed by atoms with Crippen LogP contribution < -0.4 is 5.73 Å². The number of amides is 1. The molecule has 0 aromatic heterocycles. The Balaban J connectivity index is 2.11. The third kappa shape index (κ3) is 4.15. The first-order chi connectivity index (χ1) is 9.97. The summed E-state index contributed by atoms with van der Waals surface area (Å²) in [5, 5.41) is 11.1. The molecular weight excluding hydrogens is 294 g/mol. The molecule has 6 nitrogen and oxygen atoms in total. The van der Waals surface area contributed by atoms with Gasteiger partial charge in [0.25, 0.3) is 5.69 Å². The van der Waals surface area contributed by atoms with Crippen LogP contribution in [0.5, 0.6) is 0 Å². The monoisotopic (exact) mass is 311 g/mol. The van der Waals surface area contributed by atoms with Gasteiger partial charge in [-0.1, -0.05) is 18.0 Å². The summed E-state index contributed by atoms with van der Waals surface area (Å²) in [5.74, 6) is -0.304. The Morgan fingerprint density at radius 3 is 2.86 bits per heavy atom. The van der Waals surface area contributed by atoms with Gasteiger partial charge in [0.15, 0.2) is 0 Å². The fourth-order valence-corrected chi connectivity index (χ4v) is 2.96. The molecule has 1 amide bonds. The molecule has 1 aromatic carbocycles. The number of rotatable bonds is 5. The lowest BCUT2D eigenvalue weighted by atomic mass is 9.98. The van der Waals surface area contributed by atoms with E-state index >= 15 is 0 Å². The van der Waals surface area contributed by atoms with Gasteiger partial charge >= 0.3 is 0 Å². The number of carbonyl (C=O) groups excluding carboxylic acids is 1. The van der Waals surface area contributed by atoms with Crippen LogP contribution in [0.2, 0.25) is 5.02 Å². The minimum atomic E-state index is -0.466. The van der Waals surface area contributed by atoms with Crippen LogP contribution in [0.4, 0.5) is 5.69 Å². The van der Waals surface area contributed by atoms with Gasteiger partial charge in [0.05, 0.1) is 9.95 Å². The average Bonchev–Trinajstić information content (AvgIpc) is 2.42. The number of carbonyl (C=O) groups is 1. The lowest BCUT2D eigenvalue weighted by Crippen LogP contribution is -2.41. The third-order valence-electron chi connectivity index (χ3n) is 3.81. The maximum absolute atomic E-state index is 11.1. The Morgan fingerprint density at radius 2 is 2.24 bits per heavy atom. The predicted molar refractivity (Wildman–Crippen MR) is 80.0 cm³/mol. The van der Waals surface area contributed by atoms with E-state index in [1.54, 1.807) is 6.07 Å². The van der Waals surface area contributed by atoms with E-state index in [2.05, 4.69) is 4.90 Å². The van der Waals surface area contributed by atoms with Crippen molar-refractivity contribution < 1.29 is 9.72 Å². The van der Waals surface area contributed by atoms with Gasteiger partial charge in [0, 0.05) is 31.1 Å². The fourth-order valence-electron chi connectivity index (χ4n) is 2.73. The predicted octanol–water partition coefficient (Wildman–Crippen LogP) is 2.48. The number of nitrogens with zero attached hydrogens (tertiary/aromatic N) is 2. The standard InChI is InChI=1S/C14H18ClN3O3/c15-13-7-12(18(20)21)5-4-10(13)9-17-6-2-1-3-11(17)8-14(16)19/h4-5,7,11H,1-3,6,8-9H2,(H2,16,19)/t11-/m1/s1. The number of hydrogen-bond acceptors (Lipinski definition) is 4. The topological polar surface area (TPSA) is 89.5 Å². The number of primary amides is 1. The number of non-ortho nitro benzene ring substituents is 1. The largest absolute Gasteiger partial charge is 0.370 e. The minimum absolute atomic E-state index is 0.0175. The van der Waals surface area contributed by atoms with Crippen molar-refractivity contribution in [3.63, 3.8) is 0 Å². The highest BCUT2D eigenvalue weighted by molar-refractivity contribution is 6.31. The lowest BCUT2D eigenvalue weighted by molar-refractivity contribution is -0.384. The lowest BCUT2D eigenvalue weighted by Gasteiger charge is -2.35. The molecular formula is C14H18ClN3O3. The molecule has 7 heteroatoms. The maximum atomic E-state index is 11.1. The molecule has 0 radical (unpaired) electrons. The van der Waals surface area contributed by atoms with Gasteiger partial charge in [-0.05, 0) is 31.0 Å². The Labute approximate surface area is 128 Å².